The number of aromatic nitrogens is 2. The number of carbonyl (C=O) groups excluding carboxylic acids is 2. The number of hydrogen-bond acceptors (Lipinski definition) is 6. The zero-order valence-electron chi connectivity index (χ0n) is 18.6. The minimum Gasteiger partial charge on any atom is -0.326 e. The van der Waals surface area contributed by atoms with Crippen LogP contribution < -0.4 is 5.32 Å². The van der Waals surface area contributed by atoms with E-state index in [9.17, 15) is 9.59 Å². The van der Waals surface area contributed by atoms with Crippen molar-refractivity contribution in [2.24, 2.45) is 5.10 Å². The number of nitrogens with zero attached hydrogens (tertiary/aromatic N) is 4. The first-order valence-electron chi connectivity index (χ1n) is 10.8. The Morgan fingerprint density at radius 1 is 0.970 bits per heavy atom. The molecule has 0 aliphatic carbocycles. The van der Waals surface area contributed by atoms with Crippen LogP contribution in [0.15, 0.2) is 75.8 Å². The second-order valence-corrected chi connectivity index (χ2v) is 8.83. The zero-order chi connectivity index (χ0) is 23.2. The van der Waals surface area contributed by atoms with E-state index in [0.29, 0.717) is 17.4 Å². The average molecular weight is 460 g/mol. The number of rotatable bonds is 7. The van der Waals surface area contributed by atoms with Crippen molar-refractivity contribution in [2.45, 2.75) is 43.2 Å². The van der Waals surface area contributed by atoms with Crippen LogP contribution in [0.3, 0.4) is 0 Å². The Morgan fingerprint density at radius 2 is 1.67 bits per heavy atom. The molecule has 1 N–H and O–H groups in total. The third-order valence-electron chi connectivity index (χ3n) is 5.07. The number of benzene rings is 2. The Bertz CT molecular complexity index is 1160. The highest BCUT2D eigenvalue weighted by Gasteiger charge is 2.21. The lowest BCUT2D eigenvalue weighted by Gasteiger charge is -2.11. The number of hydrogen-bond donors (Lipinski definition) is 1. The van der Waals surface area contributed by atoms with Crippen molar-refractivity contribution in [3.05, 3.63) is 77.6 Å². The molecular weight excluding hydrogens is 434 g/mol. The minimum absolute atomic E-state index is 0.110. The Morgan fingerprint density at radius 3 is 2.36 bits per heavy atom. The van der Waals surface area contributed by atoms with Crippen LogP contribution in [-0.2, 0) is 9.59 Å². The fraction of sp³-hybridized carbons (Fsp3) is 0.240. The van der Waals surface area contributed by atoms with E-state index >= 15 is 0 Å². The monoisotopic (exact) mass is 459 g/mol. The van der Waals surface area contributed by atoms with Crippen molar-refractivity contribution < 1.29 is 9.59 Å². The van der Waals surface area contributed by atoms with Gasteiger partial charge in [0.2, 0.25) is 11.8 Å². The second-order valence-electron chi connectivity index (χ2n) is 7.79. The van der Waals surface area contributed by atoms with Gasteiger partial charge in [-0.2, -0.15) is 5.10 Å². The van der Waals surface area contributed by atoms with E-state index in [1.807, 2.05) is 74.5 Å². The highest BCUT2D eigenvalue weighted by molar-refractivity contribution is 7.99. The number of hydrazone groups is 1. The summed E-state index contributed by atoms with van der Waals surface area (Å²) in [6.45, 7) is 4.44. The Kier molecular flexibility index (Phi) is 7.14. The zero-order valence-corrected chi connectivity index (χ0v) is 19.4. The predicted molar refractivity (Wildman–Crippen MR) is 129 cm³/mol. The fourth-order valence-corrected chi connectivity index (χ4v) is 4.36. The van der Waals surface area contributed by atoms with E-state index in [0.717, 1.165) is 34.0 Å². The molecule has 0 unspecified atom stereocenters. The largest absolute Gasteiger partial charge is 0.326 e. The van der Waals surface area contributed by atoms with E-state index in [-0.39, 0.29) is 24.7 Å². The maximum atomic E-state index is 12.5. The van der Waals surface area contributed by atoms with Gasteiger partial charge in [0.25, 0.3) is 0 Å². The van der Waals surface area contributed by atoms with Gasteiger partial charge in [0.1, 0.15) is 0 Å². The molecule has 2 amide bonds. The van der Waals surface area contributed by atoms with Crippen molar-refractivity contribution in [1.82, 2.24) is 15.0 Å². The molecule has 1 aliphatic rings. The Hall–Kier alpha value is -3.52. The molecule has 0 saturated carbocycles. The third kappa shape index (κ3) is 6.26. The molecule has 1 aromatic heterocycles. The van der Waals surface area contributed by atoms with Crippen LogP contribution in [0, 0.1) is 13.8 Å². The van der Waals surface area contributed by atoms with Gasteiger partial charge in [-0.05, 0) is 61.5 Å². The quantitative estimate of drug-likeness (QED) is 0.522. The summed E-state index contributed by atoms with van der Waals surface area (Å²) in [7, 11) is 0. The van der Waals surface area contributed by atoms with Crippen LogP contribution in [0.4, 0.5) is 5.69 Å². The molecule has 0 radical (unpaired) electrons. The molecule has 1 aliphatic heterocycles. The van der Waals surface area contributed by atoms with Crippen LogP contribution in [-0.4, -0.2) is 39.0 Å². The molecular formula is C25H25N5O2S. The molecule has 0 saturated heterocycles. The summed E-state index contributed by atoms with van der Waals surface area (Å²) in [6.07, 6.45) is 0.952. The lowest BCUT2D eigenvalue weighted by atomic mass is 10.1. The van der Waals surface area contributed by atoms with E-state index in [4.69, 9.17) is 0 Å². The summed E-state index contributed by atoms with van der Waals surface area (Å²) < 4.78 is 0. The summed E-state index contributed by atoms with van der Waals surface area (Å²) >= 11 is 1.47. The standard InChI is InChI=1S/C25H25N5O2S/c1-17-16-18(2)27-25(26-17)33-21-10-8-20(9-11-21)28-23(31)12-13-24(32)30-15-14-22(29-30)19-6-4-3-5-7-19/h3-11,16H,12-15H2,1-2H3,(H,28,31). The molecule has 4 rings (SSSR count). The van der Waals surface area contributed by atoms with E-state index < -0.39 is 0 Å². The predicted octanol–water partition coefficient (Wildman–Crippen LogP) is 4.60. The van der Waals surface area contributed by atoms with Crippen molar-refractivity contribution in [3.63, 3.8) is 0 Å². The second kappa shape index (κ2) is 10.4. The number of amides is 2. The fourth-order valence-electron chi connectivity index (χ4n) is 3.49. The maximum Gasteiger partial charge on any atom is 0.243 e. The van der Waals surface area contributed by atoms with Crippen molar-refractivity contribution in [1.29, 1.82) is 0 Å². The van der Waals surface area contributed by atoms with Crippen LogP contribution in [0.2, 0.25) is 0 Å². The molecule has 2 heterocycles. The van der Waals surface area contributed by atoms with E-state index in [1.165, 1.54) is 16.8 Å². The molecule has 0 atom stereocenters. The molecule has 3 aromatic rings. The first-order valence-corrected chi connectivity index (χ1v) is 11.6. The number of aryl methyl sites for hydroxylation is 2. The average Bonchev–Trinajstić information content (AvgIpc) is 3.29. The molecule has 0 fully saturated rings. The lowest BCUT2D eigenvalue weighted by molar-refractivity contribution is -0.132. The van der Waals surface area contributed by atoms with Crippen molar-refractivity contribution >= 4 is 35.0 Å². The van der Waals surface area contributed by atoms with Crippen LogP contribution in [0.25, 0.3) is 0 Å². The van der Waals surface area contributed by atoms with Crippen LogP contribution >= 0.6 is 11.8 Å². The van der Waals surface area contributed by atoms with Crippen LogP contribution in [0.1, 0.15) is 36.2 Å². The first-order chi connectivity index (χ1) is 16.0. The van der Waals surface area contributed by atoms with Gasteiger partial charge in [-0.1, -0.05) is 30.3 Å². The summed E-state index contributed by atoms with van der Waals surface area (Å²) in [5.74, 6) is -0.343. The Balaban J connectivity index is 1.26. The number of carbonyl (C=O) groups is 2. The molecule has 0 bridgehead atoms. The van der Waals surface area contributed by atoms with E-state index in [1.54, 1.807) is 0 Å². The molecule has 8 heteroatoms. The molecule has 2 aromatic carbocycles. The van der Waals surface area contributed by atoms with Gasteiger partial charge in [-0.25, -0.2) is 15.0 Å². The van der Waals surface area contributed by atoms with Gasteiger partial charge in [-0.3, -0.25) is 9.59 Å². The number of nitrogens with one attached hydrogen (secondary N) is 1. The number of anilines is 1. The van der Waals surface area contributed by atoms with Gasteiger partial charge in [0.05, 0.1) is 12.3 Å². The topological polar surface area (TPSA) is 87.5 Å². The van der Waals surface area contributed by atoms with Crippen LogP contribution in [0.5, 0.6) is 0 Å². The minimum atomic E-state index is -0.201. The smallest absolute Gasteiger partial charge is 0.243 e. The molecule has 0 spiro atoms. The van der Waals surface area contributed by atoms with Gasteiger partial charge < -0.3 is 5.32 Å². The van der Waals surface area contributed by atoms with Gasteiger partial charge in [0, 0.05) is 41.2 Å². The van der Waals surface area contributed by atoms with Crippen molar-refractivity contribution in [2.75, 3.05) is 11.9 Å². The Labute approximate surface area is 197 Å². The molecule has 7 nitrogen and oxygen atoms in total. The van der Waals surface area contributed by atoms with E-state index in [2.05, 4.69) is 20.4 Å². The third-order valence-corrected chi connectivity index (χ3v) is 5.94. The van der Waals surface area contributed by atoms with Gasteiger partial charge in [-0.15, -0.1) is 0 Å². The van der Waals surface area contributed by atoms with Gasteiger partial charge in [0.15, 0.2) is 5.16 Å². The maximum absolute atomic E-state index is 12.5. The van der Waals surface area contributed by atoms with Crippen molar-refractivity contribution in [3.8, 4) is 0 Å². The highest BCUT2D eigenvalue weighted by Crippen LogP contribution is 2.26. The lowest BCUT2D eigenvalue weighted by Crippen LogP contribution is -2.24. The summed E-state index contributed by atoms with van der Waals surface area (Å²) in [5.41, 5.74) is 4.47. The normalized spacial score (nSPS) is 13.0. The summed E-state index contributed by atoms with van der Waals surface area (Å²) in [4.78, 5) is 34.6. The molecule has 168 valence electrons. The first kappa shape index (κ1) is 22.7. The SMILES string of the molecule is Cc1cc(C)nc(Sc2ccc(NC(=O)CCC(=O)N3CCC(c4ccccc4)=N3)cc2)n1. The summed E-state index contributed by atoms with van der Waals surface area (Å²) in [6, 6.07) is 19.3. The van der Waals surface area contributed by atoms with Gasteiger partial charge >= 0.3 is 0 Å². The highest BCUT2D eigenvalue weighted by atomic mass is 32.2. The summed E-state index contributed by atoms with van der Waals surface area (Å²) in [5, 5.41) is 9.44. The molecule has 33 heavy (non-hydrogen) atoms.